The van der Waals surface area contributed by atoms with Gasteiger partial charge in [-0.2, -0.15) is 0 Å². The molecule has 1 atom stereocenters. The lowest BCUT2D eigenvalue weighted by Crippen LogP contribution is -2.33. The van der Waals surface area contributed by atoms with Crippen LogP contribution in [0.2, 0.25) is 0 Å². The molecule has 0 bridgehead atoms. The number of nitrogens with one attached hydrogen (secondary N) is 2. The highest BCUT2D eigenvalue weighted by Crippen LogP contribution is 2.30. The average Bonchev–Trinajstić information content (AvgIpc) is 3.16. The highest BCUT2D eigenvalue weighted by Gasteiger charge is 2.24. The zero-order valence-electron chi connectivity index (χ0n) is 16.6. The maximum Gasteiger partial charge on any atom is 0.261 e. The van der Waals surface area contributed by atoms with E-state index in [2.05, 4.69) is 20.3 Å². The summed E-state index contributed by atoms with van der Waals surface area (Å²) in [5.74, 6) is 0.364. The minimum atomic E-state index is -0.369. The highest BCUT2D eigenvalue weighted by atomic mass is 32.1. The molecule has 0 aromatic carbocycles. The largest absolute Gasteiger partial charge is 0.343 e. The Labute approximate surface area is 173 Å². The van der Waals surface area contributed by atoms with Gasteiger partial charge in [0, 0.05) is 17.1 Å². The molecule has 1 aliphatic rings. The highest BCUT2D eigenvalue weighted by molar-refractivity contribution is 7.14. The third-order valence-corrected chi connectivity index (χ3v) is 6.40. The number of thiophene rings is 1. The number of carbonyl (C=O) groups excluding carboxylic acids is 1. The number of H-pyrrole nitrogens is 1. The third-order valence-electron chi connectivity index (χ3n) is 5.16. The first-order valence-corrected chi connectivity index (χ1v) is 10.8. The van der Waals surface area contributed by atoms with E-state index in [9.17, 15) is 9.59 Å². The molecule has 4 rings (SSSR count). The Morgan fingerprint density at radius 3 is 2.76 bits per heavy atom. The van der Waals surface area contributed by atoms with E-state index >= 15 is 0 Å². The van der Waals surface area contributed by atoms with Crippen LogP contribution in [-0.4, -0.2) is 20.9 Å². The van der Waals surface area contributed by atoms with Crippen molar-refractivity contribution >= 4 is 17.2 Å². The standard InChI is InChI=1S/C22H24N4O2S/c1-13(2)20(26-22(28)18-11-14-7-3-4-9-17(14)29-18)16-12-19(27)25-21(24-16)15-8-5-6-10-23-15/h5-6,8,10-13,20H,3-4,7,9H2,1-2H3,(H,26,28)(H,24,25,27)/t20-/m1/s1. The van der Waals surface area contributed by atoms with Crippen LogP contribution in [-0.2, 0) is 12.8 Å². The van der Waals surface area contributed by atoms with Crippen molar-refractivity contribution in [2.24, 2.45) is 5.92 Å². The second kappa shape index (κ2) is 8.29. The summed E-state index contributed by atoms with van der Waals surface area (Å²) in [4.78, 5) is 38.9. The molecule has 0 aliphatic heterocycles. The Balaban J connectivity index is 1.62. The number of nitrogens with zero attached hydrogens (tertiary/aromatic N) is 2. The van der Waals surface area contributed by atoms with Gasteiger partial charge in [-0.25, -0.2) is 4.98 Å². The molecule has 7 heteroatoms. The van der Waals surface area contributed by atoms with Crippen LogP contribution in [0.25, 0.3) is 11.5 Å². The van der Waals surface area contributed by atoms with Crippen molar-refractivity contribution in [3.05, 3.63) is 67.9 Å². The van der Waals surface area contributed by atoms with Crippen LogP contribution in [0.4, 0.5) is 0 Å². The van der Waals surface area contributed by atoms with Crippen molar-refractivity contribution in [1.29, 1.82) is 0 Å². The molecular formula is C22H24N4O2S. The fourth-order valence-electron chi connectivity index (χ4n) is 3.66. The minimum Gasteiger partial charge on any atom is -0.343 e. The van der Waals surface area contributed by atoms with Crippen LogP contribution in [0, 0.1) is 5.92 Å². The van der Waals surface area contributed by atoms with Crippen LogP contribution in [0.5, 0.6) is 0 Å². The van der Waals surface area contributed by atoms with Gasteiger partial charge in [-0.15, -0.1) is 11.3 Å². The number of aromatic amines is 1. The zero-order valence-corrected chi connectivity index (χ0v) is 17.4. The monoisotopic (exact) mass is 408 g/mol. The van der Waals surface area contributed by atoms with E-state index in [4.69, 9.17) is 0 Å². The van der Waals surface area contributed by atoms with Gasteiger partial charge in [-0.3, -0.25) is 14.6 Å². The maximum atomic E-state index is 13.0. The van der Waals surface area contributed by atoms with Crippen LogP contribution >= 0.6 is 11.3 Å². The van der Waals surface area contributed by atoms with Gasteiger partial charge in [0.25, 0.3) is 11.5 Å². The molecule has 1 amide bonds. The van der Waals surface area contributed by atoms with Crippen molar-refractivity contribution in [3.8, 4) is 11.5 Å². The molecule has 0 radical (unpaired) electrons. The van der Waals surface area contributed by atoms with Crippen LogP contribution in [0.1, 0.15) is 58.5 Å². The summed E-state index contributed by atoms with van der Waals surface area (Å²) in [6.07, 6.45) is 6.14. The lowest BCUT2D eigenvalue weighted by molar-refractivity contribution is 0.0928. The number of aromatic nitrogens is 3. The predicted molar refractivity (Wildman–Crippen MR) is 114 cm³/mol. The lowest BCUT2D eigenvalue weighted by atomic mass is 9.99. The van der Waals surface area contributed by atoms with Crippen LogP contribution in [0.15, 0.2) is 41.3 Å². The van der Waals surface area contributed by atoms with Crippen LogP contribution in [0.3, 0.4) is 0 Å². The Hall–Kier alpha value is -2.80. The van der Waals surface area contributed by atoms with Crippen molar-refractivity contribution in [2.45, 2.75) is 45.6 Å². The molecule has 29 heavy (non-hydrogen) atoms. The summed E-state index contributed by atoms with van der Waals surface area (Å²) in [5, 5.41) is 3.10. The molecule has 150 valence electrons. The fraction of sp³-hybridized carbons (Fsp3) is 0.364. The normalized spacial score (nSPS) is 14.4. The van der Waals surface area contributed by atoms with E-state index in [1.54, 1.807) is 23.6 Å². The molecule has 3 aromatic rings. The molecule has 3 heterocycles. The van der Waals surface area contributed by atoms with Crippen LogP contribution < -0.4 is 10.9 Å². The van der Waals surface area contributed by atoms with Crippen molar-refractivity contribution < 1.29 is 4.79 Å². The maximum absolute atomic E-state index is 13.0. The quantitative estimate of drug-likeness (QED) is 0.670. The molecule has 0 spiro atoms. The van der Waals surface area contributed by atoms with E-state index in [1.165, 1.54) is 29.3 Å². The number of aryl methyl sites for hydroxylation is 2. The summed E-state index contributed by atoms with van der Waals surface area (Å²) in [5.41, 5.74) is 2.17. The van der Waals surface area contributed by atoms with Crippen molar-refractivity contribution in [2.75, 3.05) is 0 Å². The van der Waals surface area contributed by atoms with Crippen molar-refractivity contribution in [1.82, 2.24) is 20.3 Å². The van der Waals surface area contributed by atoms with Gasteiger partial charge in [0.2, 0.25) is 0 Å². The summed E-state index contributed by atoms with van der Waals surface area (Å²) >= 11 is 1.59. The lowest BCUT2D eigenvalue weighted by Gasteiger charge is -2.22. The van der Waals surface area contributed by atoms with E-state index in [1.807, 2.05) is 32.0 Å². The van der Waals surface area contributed by atoms with Gasteiger partial charge in [-0.1, -0.05) is 19.9 Å². The molecule has 0 fully saturated rings. The molecule has 3 aromatic heterocycles. The molecule has 1 aliphatic carbocycles. The number of carbonyl (C=O) groups is 1. The Bertz CT molecular complexity index is 1050. The van der Waals surface area contributed by atoms with Crippen molar-refractivity contribution in [3.63, 3.8) is 0 Å². The Morgan fingerprint density at radius 1 is 1.21 bits per heavy atom. The summed E-state index contributed by atoms with van der Waals surface area (Å²) in [6, 6.07) is 8.55. The summed E-state index contributed by atoms with van der Waals surface area (Å²) in [6.45, 7) is 4.02. The van der Waals surface area contributed by atoms with Gasteiger partial charge < -0.3 is 10.3 Å². The van der Waals surface area contributed by atoms with E-state index < -0.39 is 0 Å². The molecule has 0 saturated carbocycles. The van der Waals surface area contributed by atoms with E-state index in [0.717, 1.165) is 17.7 Å². The molecule has 6 nitrogen and oxygen atoms in total. The Kier molecular flexibility index (Phi) is 5.58. The molecule has 0 saturated heterocycles. The zero-order chi connectivity index (χ0) is 20.4. The minimum absolute atomic E-state index is 0.0689. The smallest absolute Gasteiger partial charge is 0.261 e. The second-order valence-electron chi connectivity index (χ2n) is 7.70. The number of hydrogen-bond acceptors (Lipinski definition) is 5. The predicted octanol–water partition coefficient (Wildman–Crippen LogP) is 3.90. The summed E-state index contributed by atoms with van der Waals surface area (Å²) < 4.78 is 0. The van der Waals surface area contributed by atoms with Gasteiger partial charge >= 0.3 is 0 Å². The van der Waals surface area contributed by atoms with Gasteiger partial charge in [0.1, 0.15) is 5.69 Å². The number of pyridine rings is 1. The first-order chi connectivity index (χ1) is 14.0. The first-order valence-electron chi connectivity index (χ1n) is 9.96. The number of amides is 1. The average molecular weight is 409 g/mol. The number of rotatable bonds is 5. The van der Waals surface area contributed by atoms with E-state index in [0.29, 0.717) is 17.2 Å². The van der Waals surface area contributed by atoms with Gasteiger partial charge in [0.15, 0.2) is 5.82 Å². The topological polar surface area (TPSA) is 87.7 Å². The fourth-order valence-corrected chi connectivity index (χ4v) is 4.81. The third kappa shape index (κ3) is 4.29. The summed E-state index contributed by atoms with van der Waals surface area (Å²) in [7, 11) is 0. The molecular weight excluding hydrogens is 384 g/mol. The second-order valence-corrected chi connectivity index (χ2v) is 8.83. The molecule has 2 N–H and O–H groups in total. The SMILES string of the molecule is CC(C)[C@@H](NC(=O)c1cc2c(s1)CCCC2)c1cc(=O)[nH]c(-c2ccccn2)n1. The van der Waals surface area contributed by atoms with Gasteiger partial charge in [0.05, 0.1) is 16.6 Å². The molecule has 0 unspecified atom stereocenters. The first kappa shape index (κ1) is 19.5. The Morgan fingerprint density at radius 2 is 2.03 bits per heavy atom. The number of hydrogen-bond donors (Lipinski definition) is 2. The number of fused-ring (bicyclic) bond motifs is 1. The van der Waals surface area contributed by atoms with Gasteiger partial charge in [-0.05, 0) is 55.4 Å². The van der Waals surface area contributed by atoms with E-state index in [-0.39, 0.29) is 23.4 Å².